The Labute approximate surface area is 154 Å². The second kappa shape index (κ2) is 7.62. The molecule has 0 saturated carbocycles. The van der Waals surface area contributed by atoms with Crippen LogP contribution in [0.4, 0.5) is 13.2 Å². The van der Waals surface area contributed by atoms with Crippen LogP contribution in [0.3, 0.4) is 0 Å². The summed E-state index contributed by atoms with van der Waals surface area (Å²) in [6.45, 7) is 0.123. The zero-order valence-electron chi connectivity index (χ0n) is 14.4. The molecule has 0 amide bonds. The standard InChI is InChI=1S/C20H17F3N4/c21-20(22,23)18-8-4-7-17(11-18)19(12-24,13-27-15-25-14-26-27)10-9-16-5-2-1-3-6-16/h1-8,11,14-15H,9-10,13H2. The predicted octanol–water partition coefficient (Wildman–Crippen LogP) is 4.39. The Kier molecular flexibility index (Phi) is 5.26. The Morgan fingerprint density at radius 2 is 1.74 bits per heavy atom. The molecule has 7 heteroatoms. The highest BCUT2D eigenvalue weighted by molar-refractivity contribution is 5.37. The van der Waals surface area contributed by atoms with Crippen LogP contribution in [-0.2, 0) is 24.6 Å². The molecule has 0 N–H and O–H groups in total. The highest BCUT2D eigenvalue weighted by atomic mass is 19.4. The van der Waals surface area contributed by atoms with Crippen molar-refractivity contribution in [2.24, 2.45) is 0 Å². The predicted molar refractivity (Wildman–Crippen MR) is 93.5 cm³/mol. The fourth-order valence-corrected chi connectivity index (χ4v) is 3.06. The SMILES string of the molecule is N#CC(CCc1ccccc1)(Cn1cncn1)c1cccc(C(F)(F)F)c1. The lowest BCUT2D eigenvalue weighted by molar-refractivity contribution is -0.137. The van der Waals surface area contributed by atoms with Crippen LogP contribution in [0, 0.1) is 11.3 Å². The topological polar surface area (TPSA) is 54.5 Å². The van der Waals surface area contributed by atoms with Crippen molar-refractivity contribution in [2.45, 2.75) is 31.0 Å². The molecular formula is C20H17F3N4. The smallest absolute Gasteiger partial charge is 0.251 e. The maximum absolute atomic E-state index is 13.2. The lowest BCUT2D eigenvalue weighted by atomic mass is 9.76. The van der Waals surface area contributed by atoms with Gasteiger partial charge in [-0.25, -0.2) is 4.98 Å². The molecule has 27 heavy (non-hydrogen) atoms. The van der Waals surface area contributed by atoms with E-state index >= 15 is 0 Å². The summed E-state index contributed by atoms with van der Waals surface area (Å²) in [6, 6.07) is 16.8. The first-order valence-electron chi connectivity index (χ1n) is 8.38. The number of alkyl halides is 3. The van der Waals surface area contributed by atoms with E-state index in [-0.39, 0.29) is 6.54 Å². The van der Waals surface area contributed by atoms with Gasteiger partial charge in [0.05, 0.1) is 18.2 Å². The zero-order chi connectivity index (χ0) is 19.3. The molecule has 0 bridgehead atoms. The monoisotopic (exact) mass is 370 g/mol. The van der Waals surface area contributed by atoms with Crippen molar-refractivity contribution in [3.63, 3.8) is 0 Å². The molecule has 0 aliphatic rings. The number of hydrogen-bond acceptors (Lipinski definition) is 3. The molecule has 1 atom stereocenters. The summed E-state index contributed by atoms with van der Waals surface area (Å²) >= 11 is 0. The van der Waals surface area contributed by atoms with Crippen LogP contribution in [0.2, 0.25) is 0 Å². The molecule has 4 nitrogen and oxygen atoms in total. The van der Waals surface area contributed by atoms with Crippen molar-refractivity contribution in [1.82, 2.24) is 14.8 Å². The van der Waals surface area contributed by atoms with E-state index in [1.807, 2.05) is 30.3 Å². The number of hydrogen-bond donors (Lipinski definition) is 0. The Hall–Kier alpha value is -3.14. The summed E-state index contributed by atoms with van der Waals surface area (Å²) in [5.41, 5.74) is -0.586. The quantitative estimate of drug-likeness (QED) is 0.647. The minimum absolute atomic E-state index is 0.123. The normalized spacial score (nSPS) is 13.7. The van der Waals surface area contributed by atoms with E-state index in [2.05, 4.69) is 16.2 Å². The minimum Gasteiger partial charge on any atom is -0.251 e. The number of benzene rings is 2. The third kappa shape index (κ3) is 4.34. The van der Waals surface area contributed by atoms with Crippen LogP contribution in [0.15, 0.2) is 67.3 Å². The molecule has 1 heterocycles. The highest BCUT2D eigenvalue weighted by Gasteiger charge is 2.36. The summed E-state index contributed by atoms with van der Waals surface area (Å²) < 4.78 is 41.0. The Bertz CT molecular complexity index is 914. The molecule has 3 aromatic rings. The van der Waals surface area contributed by atoms with Crippen molar-refractivity contribution < 1.29 is 13.2 Å². The molecule has 0 spiro atoms. The maximum atomic E-state index is 13.2. The summed E-state index contributed by atoms with van der Waals surface area (Å²) in [7, 11) is 0. The molecule has 2 aromatic carbocycles. The van der Waals surface area contributed by atoms with Gasteiger partial charge in [0.1, 0.15) is 18.1 Å². The van der Waals surface area contributed by atoms with E-state index in [9.17, 15) is 18.4 Å². The summed E-state index contributed by atoms with van der Waals surface area (Å²) in [6.07, 6.45) is -0.758. The Balaban J connectivity index is 1.99. The highest BCUT2D eigenvalue weighted by Crippen LogP contribution is 2.36. The van der Waals surface area contributed by atoms with Crippen molar-refractivity contribution >= 4 is 0 Å². The average molecular weight is 370 g/mol. The fraction of sp³-hybridized carbons (Fsp3) is 0.250. The number of rotatable bonds is 6. The first-order valence-corrected chi connectivity index (χ1v) is 8.38. The van der Waals surface area contributed by atoms with Crippen LogP contribution in [-0.4, -0.2) is 14.8 Å². The maximum Gasteiger partial charge on any atom is 0.416 e. The number of aromatic nitrogens is 3. The summed E-state index contributed by atoms with van der Waals surface area (Å²) in [4.78, 5) is 3.87. The van der Waals surface area contributed by atoms with Crippen molar-refractivity contribution in [3.8, 4) is 6.07 Å². The van der Waals surface area contributed by atoms with Crippen LogP contribution >= 0.6 is 0 Å². The number of halogens is 3. The van der Waals surface area contributed by atoms with Crippen LogP contribution in [0.25, 0.3) is 0 Å². The molecule has 1 aromatic heterocycles. The molecule has 1 unspecified atom stereocenters. The largest absolute Gasteiger partial charge is 0.416 e. The van der Waals surface area contributed by atoms with Gasteiger partial charge in [-0.3, -0.25) is 4.68 Å². The molecule has 0 aliphatic heterocycles. The third-order valence-corrected chi connectivity index (χ3v) is 4.54. The molecule has 3 rings (SSSR count). The van der Waals surface area contributed by atoms with E-state index < -0.39 is 17.2 Å². The molecular weight excluding hydrogens is 353 g/mol. The van der Waals surface area contributed by atoms with E-state index in [4.69, 9.17) is 0 Å². The van der Waals surface area contributed by atoms with E-state index in [0.29, 0.717) is 18.4 Å². The second-order valence-corrected chi connectivity index (χ2v) is 6.35. The van der Waals surface area contributed by atoms with Gasteiger partial charge in [0.2, 0.25) is 0 Å². The van der Waals surface area contributed by atoms with Gasteiger partial charge < -0.3 is 0 Å². The molecule has 0 aliphatic carbocycles. The number of nitriles is 1. The average Bonchev–Trinajstić information content (AvgIpc) is 3.18. The van der Waals surface area contributed by atoms with Gasteiger partial charge in [0, 0.05) is 0 Å². The van der Waals surface area contributed by atoms with E-state index in [0.717, 1.165) is 17.7 Å². The fourth-order valence-electron chi connectivity index (χ4n) is 3.06. The number of aryl methyl sites for hydroxylation is 1. The van der Waals surface area contributed by atoms with Crippen LogP contribution < -0.4 is 0 Å². The van der Waals surface area contributed by atoms with Gasteiger partial charge >= 0.3 is 6.18 Å². The van der Waals surface area contributed by atoms with Gasteiger partial charge in [-0.05, 0) is 30.0 Å². The zero-order valence-corrected chi connectivity index (χ0v) is 14.4. The summed E-state index contributed by atoms with van der Waals surface area (Å²) in [5, 5.41) is 14.0. The van der Waals surface area contributed by atoms with Crippen molar-refractivity contribution in [1.29, 1.82) is 5.26 Å². The van der Waals surface area contributed by atoms with Crippen molar-refractivity contribution in [2.75, 3.05) is 0 Å². The van der Waals surface area contributed by atoms with E-state index in [1.165, 1.54) is 23.4 Å². The molecule has 0 saturated heterocycles. The number of nitrogens with zero attached hydrogens (tertiary/aromatic N) is 4. The Morgan fingerprint density at radius 1 is 1.00 bits per heavy atom. The first kappa shape index (κ1) is 18.6. The molecule has 138 valence electrons. The minimum atomic E-state index is -4.47. The van der Waals surface area contributed by atoms with Crippen LogP contribution in [0.5, 0.6) is 0 Å². The third-order valence-electron chi connectivity index (χ3n) is 4.54. The van der Waals surface area contributed by atoms with Gasteiger partial charge in [0.25, 0.3) is 0 Å². The van der Waals surface area contributed by atoms with Gasteiger partial charge in [-0.1, -0.05) is 48.5 Å². The molecule has 0 fully saturated rings. The lowest BCUT2D eigenvalue weighted by Crippen LogP contribution is -2.31. The van der Waals surface area contributed by atoms with Gasteiger partial charge in [0.15, 0.2) is 0 Å². The van der Waals surface area contributed by atoms with Gasteiger partial charge in [-0.15, -0.1) is 0 Å². The van der Waals surface area contributed by atoms with Crippen molar-refractivity contribution in [3.05, 3.63) is 83.9 Å². The second-order valence-electron chi connectivity index (χ2n) is 6.35. The van der Waals surface area contributed by atoms with Crippen LogP contribution in [0.1, 0.15) is 23.1 Å². The Morgan fingerprint density at radius 3 is 2.37 bits per heavy atom. The first-order chi connectivity index (χ1) is 12.9. The van der Waals surface area contributed by atoms with Gasteiger partial charge in [-0.2, -0.15) is 23.5 Å². The summed E-state index contributed by atoms with van der Waals surface area (Å²) in [5.74, 6) is 0. The lowest BCUT2D eigenvalue weighted by Gasteiger charge is -2.28. The molecule has 0 radical (unpaired) electrons. The van der Waals surface area contributed by atoms with E-state index in [1.54, 1.807) is 6.07 Å².